The fraction of sp³-hybridized carbons (Fsp3) is 0.143. The van der Waals surface area contributed by atoms with Gasteiger partial charge in [0.25, 0.3) is 0 Å². The van der Waals surface area contributed by atoms with Crippen LogP contribution in [-0.4, -0.2) is 8.75 Å². The Kier molecular flexibility index (Phi) is 3.97. The largest absolute Gasteiger partial charge is 0.375 e. The molecule has 0 aliphatic rings. The summed E-state index contributed by atoms with van der Waals surface area (Å²) in [6.45, 7) is 1.96. The Hall–Kier alpha value is -1.43. The number of nitrogens with zero attached hydrogens (tertiary/aromatic N) is 2. The summed E-state index contributed by atoms with van der Waals surface area (Å²) in [6.07, 6.45) is 0. The predicted octanol–water partition coefficient (Wildman–Crippen LogP) is 5.31. The first-order valence-corrected chi connectivity index (χ1v) is 7.67. The second-order valence-electron chi connectivity index (χ2n) is 4.59. The van der Waals surface area contributed by atoms with Gasteiger partial charge < -0.3 is 5.32 Å². The molecule has 0 aliphatic carbocycles. The fourth-order valence-electron chi connectivity index (χ4n) is 2.06. The Morgan fingerprint density at radius 3 is 2.48 bits per heavy atom. The van der Waals surface area contributed by atoms with Crippen LogP contribution in [0, 0.1) is 5.82 Å². The molecular weight excluding hydrogens is 332 g/mol. The molecule has 1 atom stereocenters. The lowest BCUT2D eigenvalue weighted by Crippen LogP contribution is -2.07. The minimum absolute atomic E-state index is 0.0609. The quantitative estimate of drug-likeness (QED) is 0.701. The predicted molar refractivity (Wildman–Crippen MR) is 85.9 cm³/mol. The molecule has 0 aliphatic heterocycles. The number of hydrogen-bond donors (Lipinski definition) is 1. The zero-order chi connectivity index (χ0) is 15.0. The smallest absolute Gasteiger partial charge is 0.130 e. The highest BCUT2D eigenvalue weighted by Gasteiger charge is 2.16. The first-order valence-electron chi connectivity index (χ1n) is 6.18. The summed E-state index contributed by atoms with van der Waals surface area (Å²) in [6, 6.07) is 7.90. The summed E-state index contributed by atoms with van der Waals surface area (Å²) >= 11 is 13.4. The summed E-state index contributed by atoms with van der Waals surface area (Å²) in [5, 5.41) is 4.25. The van der Waals surface area contributed by atoms with Crippen molar-refractivity contribution in [2.75, 3.05) is 5.32 Å². The van der Waals surface area contributed by atoms with E-state index in [2.05, 4.69) is 14.1 Å². The van der Waals surface area contributed by atoms with E-state index in [0.717, 1.165) is 17.3 Å². The van der Waals surface area contributed by atoms with Gasteiger partial charge in [-0.2, -0.15) is 8.75 Å². The van der Waals surface area contributed by atoms with E-state index in [0.29, 0.717) is 26.8 Å². The van der Waals surface area contributed by atoms with Gasteiger partial charge in [0.05, 0.1) is 27.5 Å². The van der Waals surface area contributed by atoms with E-state index in [1.54, 1.807) is 18.2 Å². The lowest BCUT2D eigenvalue weighted by atomic mass is 10.1. The second kappa shape index (κ2) is 5.75. The number of nitrogens with one attached hydrogen (secondary N) is 1. The van der Waals surface area contributed by atoms with Crippen molar-refractivity contribution in [1.29, 1.82) is 0 Å². The maximum Gasteiger partial charge on any atom is 0.130 e. The molecular formula is C14H10Cl2FN3S. The molecule has 0 spiro atoms. The van der Waals surface area contributed by atoms with Crippen molar-refractivity contribution in [3.05, 3.63) is 51.8 Å². The van der Waals surface area contributed by atoms with Gasteiger partial charge in [-0.15, -0.1) is 0 Å². The second-order valence-corrected chi connectivity index (χ2v) is 5.94. The Labute approximate surface area is 135 Å². The highest BCUT2D eigenvalue weighted by molar-refractivity contribution is 7.00. The number of halogens is 3. The minimum atomic E-state index is -0.262. The van der Waals surface area contributed by atoms with Crippen molar-refractivity contribution in [3.8, 4) is 0 Å². The van der Waals surface area contributed by atoms with Gasteiger partial charge in [-0.3, -0.25) is 0 Å². The summed E-state index contributed by atoms with van der Waals surface area (Å²) in [5.41, 5.74) is 2.90. The highest BCUT2D eigenvalue weighted by atomic mass is 35.5. The van der Waals surface area contributed by atoms with E-state index in [-0.39, 0.29) is 11.9 Å². The number of fused-ring (bicyclic) bond motifs is 1. The van der Waals surface area contributed by atoms with Crippen molar-refractivity contribution in [1.82, 2.24) is 8.75 Å². The summed E-state index contributed by atoms with van der Waals surface area (Å²) in [5.74, 6) is -0.262. The van der Waals surface area contributed by atoms with Crippen LogP contribution in [0.5, 0.6) is 0 Å². The van der Waals surface area contributed by atoms with Crippen molar-refractivity contribution in [2.24, 2.45) is 0 Å². The molecule has 0 fully saturated rings. The molecule has 0 saturated heterocycles. The highest BCUT2D eigenvalue weighted by Crippen LogP contribution is 2.36. The molecule has 0 saturated carbocycles. The average Bonchev–Trinajstić information content (AvgIpc) is 2.93. The van der Waals surface area contributed by atoms with Crippen molar-refractivity contribution >= 4 is 51.7 Å². The van der Waals surface area contributed by atoms with Crippen LogP contribution in [0.15, 0.2) is 30.3 Å². The number of benzene rings is 2. The molecule has 21 heavy (non-hydrogen) atoms. The van der Waals surface area contributed by atoms with Gasteiger partial charge in [0.1, 0.15) is 16.9 Å². The van der Waals surface area contributed by atoms with Gasteiger partial charge in [-0.1, -0.05) is 35.3 Å². The molecule has 0 amide bonds. The van der Waals surface area contributed by atoms with Crippen LogP contribution in [0.3, 0.4) is 0 Å². The molecule has 0 bridgehead atoms. The van der Waals surface area contributed by atoms with Crippen molar-refractivity contribution in [2.45, 2.75) is 13.0 Å². The van der Waals surface area contributed by atoms with Crippen molar-refractivity contribution in [3.63, 3.8) is 0 Å². The van der Waals surface area contributed by atoms with Gasteiger partial charge in [-0.05, 0) is 30.7 Å². The van der Waals surface area contributed by atoms with E-state index < -0.39 is 0 Å². The van der Waals surface area contributed by atoms with E-state index in [4.69, 9.17) is 23.2 Å². The molecule has 1 aromatic heterocycles. The topological polar surface area (TPSA) is 37.8 Å². The molecule has 0 radical (unpaired) electrons. The van der Waals surface area contributed by atoms with Crippen LogP contribution in [-0.2, 0) is 0 Å². The molecule has 1 heterocycles. The first kappa shape index (κ1) is 14.5. The Morgan fingerprint density at radius 2 is 1.76 bits per heavy atom. The maximum absolute atomic E-state index is 13.0. The van der Waals surface area contributed by atoms with Gasteiger partial charge in [0.2, 0.25) is 0 Å². The molecule has 1 N–H and O–H groups in total. The number of hydrogen-bond acceptors (Lipinski definition) is 4. The van der Waals surface area contributed by atoms with Crippen LogP contribution in [0.25, 0.3) is 11.0 Å². The van der Waals surface area contributed by atoms with E-state index >= 15 is 0 Å². The number of rotatable bonds is 3. The Morgan fingerprint density at radius 1 is 1.10 bits per heavy atom. The molecule has 3 rings (SSSR count). The maximum atomic E-state index is 13.0. The standard InChI is InChI=1S/C14H10Cl2FN3S/c1-7(8-2-4-9(17)5-3-8)18-12-10(15)6-11(16)13-14(12)20-21-19-13/h2-7,18H,1H3. The monoisotopic (exact) mass is 341 g/mol. The lowest BCUT2D eigenvalue weighted by molar-refractivity contribution is 0.626. The van der Waals surface area contributed by atoms with E-state index in [9.17, 15) is 4.39 Å². The third kappa shape index (κ3) is 2.81. The minimum Gasteiger partial charge on any atom is -0.375 e. The molecule has 7 heteroatoms. The Balaban J connectivity index is 1.98. The normalized spacial score (nSPS) is 12.6. The van der Waals surface area contributed by atoms with Crippen molar-refractivity contribution < 1.29 is 4.39 Å². The summed E-state index contributed by atoms with van der Waals surface area (Å²) in [7, 11) is 0. The SMILES string of the molecule is CC(Nc1c(Cl)cc(Cl)c2nsnc12)c1ccc(F)cc1. The number of anilines is 1. The van der Waals surface area contributed by atoms with Crippen LogP contribution in [0.1, 0.15) is 18.5 Å². The van der Waals surface area contributed by atoms with E-state index in [1.165, 1.54) is 12.1 Å². The average molecular weight is 342 g/mol. The number of aromatic nitrogens is 2. The van der Waals surface area contributed by atoms with Crippen LogP contribution in [0.2, 0.25) is 10.0 Å². The first-order chi connectivity index (χ1) is 10.1. The lowest BCUT2D eigenvalue weighted by Gasteiger charge is -2.17. The zero-order valence-electron chi connectivity index (χ0n) is 10.9. The van der Waals surface area contributed by atoms with Crippen LogP contribution in [0.4, 0.5) is 10.1 Å². The van der Waals surface area contributed by atoms with Gasteiger partial charge in [0.15, 0.2) is 0 Å². The molecule has 1 unspecified atom stereocenters. The van der Waals surface area contributed by atoms with Gasteiger partial charge >= 0.3 is 0 Å². The van der Waals surface area contributed by atoms with Gasteiger partial charge in [0, 0.05) is 6.04 Å². The molecule has 3 aromatic rings. The van der Waals surface area contributed by atoms with Gasteiger partial charge in [-0.25, -0.2) is 4.39 Å². The zero-order valence-corrected chi connectivity index (χ0v) is 13.2. The van der Waals surface area contributed by atoms with Crippen LogP contribution < -0.4 is 5.32 Å². The molecule has 2 aromatic carbocycles. The van der Waals surface area contributed by atoms with Crippen LogP contribution >= 0.6 is 34.9 Å². The Bertz CT molecular complexity index is 789. The summed E-state index contributed by atoms with van der Waals surface area (Å²) < 4.78 is 21.4. The fourth-order valence-corrected chi connectivity index (χ4v) is 3.23. The van der Waals surface area contributed by atoms with E-state index in [1.807, 2.05) is 6.92 Å². The molecule has 3 nitrogen and oxygen atoms in total. The third-order valence-electron chi connectivity index (χ3n) is 3.17. The third-order valence-corrected chi connectivity index (χ3v) is 4.29. The summed E-state index contributed by atoms with van der Waals surface area (Å²) in [4.78, 5) is 0. The molecule has 108 valence electrons.